The minimum atomic E-state index is -0.222. The molecule has 0 bridgehead atoms. The molecule has 0 saturated carbocycles. The van der Waals surface area contributed by atoms with Gasteiger partial charge in [0.15, 0.2) is 5.13 Å². The number of nitrogens with one attached hydrogen (secondary N) is 1. The lowest BCUT2D eigenvalue weighted by Crippen LogP contribution is -2.48. The Balaban J connectivity index is 1.61. The maximum atomic E-state index is 12.3. The molecule has 0 aliphatic carbocycles. The highest BCUT2D eigenvalue weighted by Gasteiger charge is 2.30. The van der Waals surface area contributed by atoms with E-state index in [4.69, 9.17) is 4.74 Å². The van der Waals surface area contributed by atoms with Crippen molar-refractivity contribution in [1.29, 1.82) is 0 Å². The van der Waals surface area contributed by atoms with E-state index >= 15 is 0 Å². The van der Waals surface area contributed by atoms with E-state index in [0.717, 1.165) is 11.6 Å². The molecule has 0 radical (unpaired) electrons. The molecule has 1 aliphatic heterocycles. The molecule has 1 N–H and O–H groups in total. The molecule has 0 spiro atoms. The SMILES string of the molecule is CC(C(=O)Nc1nccs1)N1CCOC(c2nccs2)C1. The van der Waals surface area contributed by atoms with E-state index in [-0.39, 0.29) is 18.1 Å². The van der Waals surface area contributed by atoms with E-state index in [0.29, 0.717) is 18.3 Å². The summed E-state index contributed by atoms with van der Waals surface area (Å²) in [6.07, 6.45) is 3.41. The average Bonchev–Trinajstić information content (AvgIpc) is 3.20. The van der Waals surface area contributed by atoms with E-state index < -0.39 is 0 Å². The van der Waals surface area contributed by atoms with Crippen molar-refractivity contribution < 1.29 is 9.53 Å². The van der Waals surface area contributed by atoms with Gasteiger partial charge in [0.1, 0.15) is 11.1 Å². The molecule has 1 saturated heterocycles. The fraction of sp³-hybridized carbons (Fsp3) is 0.462. The Morgan fingerprint density at radius 1 is 1.43 bits per heavy atom. The zero-order valence-corrected chi connectivity index (χ0v) is 13.2. The predicted molar refractivity (Wildman–Crippen MR) is 82.6 cm³/mol. The normalized spacial score (nSPS) is 21.1. The van der Waals surface area contributed by atoms with Gasteiger partial charge in [-0.1, -0.05) is 0 Å². The van der Waals surface area contributed by atoms with Gasteiger partial charge in [0.2, 0.25) is 5.91 Å². The number of rotatable bonds is 4. The van der Waals surface area contributed by atoms with Crippen LogP contribution in [0.4, 0.5) is 5.13 Å². The summed E-state index contributed by atoms with van der Waals surface area (Å²) in [5.41, 5.74) is 0. The van der Waals surface area contributed by atoms with Crippen LogP contribution in [0.25, 0.3) is 0 Å². The number of hydrogen-bond donors (Lipinski definition) is 1. The van der Waals surface area contributed by atoms with Gasteiger partial charge in [-0.2, -0.15) is 0 Å². The maximum Gasteiger partial charge on any atom is 0.243 e. The van der Waals surface area contributed by atoms with E-state index in [1.165, 1.54) is 11.3 Å². The topological polar surface area (TPSA) is 67.4 Å². The molecule has 1 aliphatic rings. The van der Waals surface area contributed by atoms with Crippen LogP contribution >= 0.6 is 22.7 Å². The molecule has 1 fully saturated rings. The van der Waals surface area contributed by atoms with Crippen LogP contribution < -0.4 is 5.32 Å². The number of ether oxygens (including phenoxy) is 1. The average molecular weight is 324 g/mol. The molecule has 2 atom stereocenters. The van der Waals surface area contributed by atoms with Crippen LogP contribution in [0.5, 0.6) is 0 Å². The highest BCUT2D eigenvalue weighted by Crippen LogP contribution is 2.25. The van der Waals surface area contributed by atoms with Crippen LogP contribution in [-0.4, -0.2) is 46.5 Å². The summed E-state index contributed by atoms with van der Waals surface area (Å²) in [6, 6.07) is -0.222. The Bertz CT molecular complexity index is 573. The lowest BCUT2D eigenvalue weighted by atomic mass is 10.2. The molecule has 3 rings (SSSR count). The highest BCUT2D eigenvalue weighted by atomic mass is 32.1. The summed E-state index contributed by atoms with van der Waals surface area (Å²) in [4.78, 5) is 22.8. The first kappa shape index (κ1) is 14.6. The number of nitrogens with zero attached hydrogens (tertiary/aromatic N) is 3. The Labute approximate surface area is 130 Å². The number of carbonyl (C=O) groups is 1. The van der Waals surface area contributed by atoms with Gasteiger partial charge in [-0.3, -0.25) is 9.69 Å². The Kier molecular flexibility index (Phi) is 4.59. The molecule has 6 nitrogen and oxygen atoms in total. The summed E-state index contributed by atoms with van der Waals surface area (Å²) in [7, 11) is 0. The van der Waals surface area contributed by atoms with E-state index in [2.05, 4.69) is 20.2 Å². The molecule has 1 amide bonds. The summed E-state index contributed by atoms with van der Waals surface area (Å²) < 4.78 is 5.75. The highest BCUT2D eigenvalue weighted by molar-refractivity contribution is 7.13. The third-order valence-corrected chi connectivity index (χ3v) is 4.97. The summed E-state index contributed by atoms with van der Waals surface area (Å²) in [6.45, 7) is 3.95. The van der Waals surface area contributed by atoms with Crippen molar-refractivity contribution in [1.82, 2.24) is 14.9 Å². The molecular formula is C13H16N4O2S2. The summed E-state index contributed by atoms with van der Waals surface area (Å²) in [5, 5.41) is 8.22. The van der Waals surface area contributed by atoms with Gasteiger partial charge in [-0.15, -0.1) is 22.7 Å². The van der Waals surface area contributed by atoms with Gasteiger partial charge in [0, 0.05) is 36.2 Å². The monoisotopic (exact) mass is 324 g/mol. The summed E-state index contributed by atoms with van der Waals surface area (Å²) in [5.74, 6) is -0.0373. The van der Waals surface area contributed by atoms with Crippen LogP contribution in [0.3, 0.4) is 0 Å². The number of amides is 1. The molecule has 8 heteroatoms. The first-order valence-electron chi connectivity index (χ1n) is 6.69. The van der Waals surface area contributed by atoms with Crippen molar-refractivity contribution in [2.24, 2.45) is 0 Å². The lowest BCUT2D eigenvalue weighted by molar-refractivity contribution is -0.124. The van der Waals surface area contributed by atoms with Crippen LogP contribution in [0, 0.1) is 0 Å². The van der Waals surface area contributed by atoms with Crippen molar-refractivity contribution >= 4 is 33.7 Å². The zero-order valence-electron chi connectivity index (χ0n) is 11.6. The molecule has 3 heterocycles. The van der Waals surface area contributed by atoms with Crippen LogP contribution in [0.2, 0.25) is 0 Å². The van der Waals surface area contributed by atoms with E-state index in [9.17, 15) is 4.79 Å². The zero-order chi connectivity index (χ0) is 14.7. The molecule has 2 aromatic rings. The van der Waals surface area contributed by atoms with Gasteiger partial charge < -0.3 is 10.1 Å². The Morgan fingerprint density at radius 2 is 2.24 bits per heavy atom. The third kappa shape index (κ3) is 3.46. The molecule has 2 unspecified atom stereocenters. The first-order chi connectivity index (χ1) is 10.2. The van der Waals surface area contributed by atoms with Crippen molar-refractivity contribution in [2.75, 3.05) is 25.0 Å². The van der Waals surface area contributed by atoms with Gasteiger partial charge >= 0.3 is 0 Å². The second kappa shape index (κ2) is 6.61. The number of morpholine rings is 1. The minimum absolute atomic E-state index is 0.0373. The standard InChI is InChI=1S/C13H16N4O2S2/c1-9(11(18)16-13-15-3-7-21-13)17-4-5-19-10(8-17)12-14-2-6-20-12/h2-3,6-7,9-10H,4-5,8H2,1H3,(H,15,16,18). The Hall–Kier alpha value is -1.35. The van der Waals surface area contributed by atoms with Crippen molar-refractivity contribution in [3.63, 3.8) is 0 Å². The van der Waals surface area contributed by atoms with Gasteiger partial charge in [0.05, 0.1) is 12.6 Å². The van der Waals surface area contributed by atoms with Crippen molar-refractivity contribution in [3.8, 4) is 0 Å². The van der Waals surface area contributed by atoms with Gasteiger partial charge in [-0.05, 0) is 6.92 Å². The second-order valence-corrected chi connectivity index (χ2v) is 6.55. The van der Waals surface area contributed by atoms with Gasteiger partial charge in [0.25, 0.3) is 0 Å². The first-order valence-corrected chi connectivity index (χ1v) is 8.45. The maximum absolute atomic E-state index is 12.3. The summed E-state index contributed by atoms with van der Waals surface area (Å²) >= 11 is 3.00. The third-order valence-electron chi connectivity index (χ3n) is 3.41. The van der Waals surface area contributed by atoms with Gasteiger partial charge in [-0.25, -0.2) is 9.97 Å². The molecule has 112 valence electrons. The molecule has 0 aromatic carbocycles. The number of aromatic nitrogens is 2. The number of thiazole rings is 2. The van der Waals surface area contributed by atoms with Crippen molar-refractivity contribution in [2.45, 2.75) is 19.1 Å². The number of carbonyl (C=O) groups excluding carboxylic acids is 1. The number of anilines is 1. The van der Waals surface area contributed by atoms with E-state index in [1.54, 1.807) is 23.7 Å². The van der Waals surface area contributed by atoms with Crippen LogP contribution in [0.15, 0.2) is 23.2 Å². The van der Waals surface area contributed by atoms with Crippen molar-refractivity contribution in [3.05, 3.63) is 28.2 Å². The predicted octanol–water partition coefficient (Wildman–Crippen LogP) is 2.00. The van der Waals surface area contributed by atoms with Crippen LogP contribution in [-0.2, 0) is 9.53 Å². The fourth-order valence-electron chi connectivity index (χ4n) is 2.22. The largest absolute Gasteiger partial charge is 0.368 e. The second-order valence-electron chi connectivity index (χ2n) is 4.73. The fourth-order valence-corrected chi connectivity index (χ4v) is 3.43. The number of hydrogen-bond acceptors (Lipinski definition) is 7. The Morgan fingerprint density at radius 3 is 2.95 bits per heavy atom. The smallest absolute Gasteiger partial charge is 0.243 e. The lowest BCUT2D eigenvalue weighted by Gasteiger charge is -2.35. The molecule has 2 aromatic heterocycles. The minimum Gasteiger partial charge on any atom is -0.368 e. The molecular weight excluding hydrogens is 308 g/mol. The van der Waals surface area contributed by atoms with Crippen LogP contribution in [0.1, 0.15) is 18.0 Å². The van der Waals surface area contributed by atoms with E-state index in [1.807, 2.05) is 17.7 Å². The molecule has 21 heavy (non-hydrogen) atoms. The quantitative estimate of drug-likeness (QED) is 0.932.